The molecule has 2 heterocycles. The van der Waals surface area contributed by atoms with Crippen molar-refractivity contribution in [1.29, 1.82) is 0 Å². The van der Waals surface area contributed by atoms with Gasteiger partial charge in [-0.1, -0.05) is 0 Å². The van der Waals surface area contributed by atoms with Crippen LogP contribution in [0.4, 0.5) is 10.6 Å². The number of aromatic amines is 1. The molecule has 27 heavy (non-hydrogen) atoms. The highest BCUT2D eigenvalue weighted by atomic mass is 32.1. The first-order valence-electron chi connectivity index (χ1n) is 9.12. The Bertz CT molecular complexity index is 801. The Morgan fingerprint density at radius 1 is 1.41 bits per heavy atom. The third kappa shape index (κ3) is 5.53. The Labute approximate surface area is 162 Å². The minimum absolute atomic E-state index is 0.0577. The topological polar surface area (TPSA) is 109 Å². The molecule has 1 saturated carbocycles. The van der Waals surface area contributed by atoms with Crippen LogP contribution in [0.25, 0.3) is 0 Å². The van der Waals surface area contributed by atoms with Gasteiger partial charge in [0.1, 0.15) is 6.10 Å². The number of alkyl carbamates (subject to hydrolysis) is 1. The van der Waals surface area contributed by atoms with E-state index < -0.39 is 0 Å². The number of nitrogens with zero attached hydrogens (tertiary/aromatic N) is 2. The minimum Gasteiger partial charge on any atom is -0.446 e. The van der Waals surface area contributed by atoms with Crippen LogP contribution in [-0.4, -0.2) is 39.3 Å². The smallest absolute Gasteiger partial charge is 0.407 e. The normalized spacial score (nSPS) is 19.3. The van der Waals surface area contributed by atoms with Crippen molar-refractivity contribution in [1.82, 2.24) is 20.5 Å². The molecule has 8 nitrogen and oxygen atoms in total. The number of carbonyl (C=O) groups excluding carboxylic acids is 2. The lowest BCUT2D eigenvalue weighted by Crippen LogP contribution is -2.33. The summed E-state index contributed by atoms with van der Waals surface area (Å²) in [5, 5.41) is 13.7. The maximum Gasteiger partial charge on any atom is 0.407 e. The van der Waals surface area contributed by atoms with E-state index in [0.29, 0.717) is 5.82 Å². The van der Waals surface area contributed by atoms with Gasteiger partial charge in [0.05, 0.1) is 11.4 Å². The Balaban J connectivity index is 1.49. The molecular weight excluding hydrogens is 366 g/mol. The van der Waals surface area contributed by atoms with E-state index >= 15 is 0 Å². The summed E-state index contributed by atoms with van der Waals surface area (Å²) in [4.78, 5) is 28.9. The van der Waals surface area contributed by atoms with E-state index in [9.17, 15) is 9.59 Å². The van der Waals surface area contributed by atoms with Crippen molar-refractivity contribution < 1.29 is 14.3 Å². The van der Waals surface area contributed by atoms with Gasteiger partial charge in [0.2, 0.25) is 5.91 Å². The average Bonchev–Trinajstić information content (AvgIpc) is 3.28. The second-order valence-corrected chi connectivity index (χ2v) is 8.43. The molecule has 9 heteroatoms. The lowest BCUT2D eigenvalue weighted by Gasteiger charge is -2.14. The number of hydrogen-bond acceptors (Lipinski definition) is 6. The zero-order chi connectivity index (χ0) is 19.4. The van der Waals surface area contributed by atoms with Crippen molar-refractivity contribution in [2.45, 2.75) is 64.5 Å². The van der Waals surface area contributed by atoms with E-state index in [1.165, 1.54) is 11.3 Å². The van der Waals surface area contributed by atoms with Gasteiger partial charge in [-0.25, -0.2) is 9.78 Å². The van der Waals surface area contributed by atoms with Crippen molar-refractivity contribution in [3.05, 3.63) is 27.8 Å². The van der Waals surface area contributed by atoms with E-state index in [-0.39, 0.29) is 36.5 Å². The first-order valence-corrected chi connectivity index (χ1v) is 9.94. The molecule has 2 aromatic heterocycles. The van der Waals surface area contributed by atoms with E-state index in [2.05, 4.69) is 25.8 Å². The van der Waals surface area contributed by atoms with Crippen LogP contribution in [0.15, 0.2) is 12.3 Å². The summed E-state index contributed by atoms with van der Waals surface area (Å²) in [6, 6.07) is 1.92. The molecule has 2 aromatic rings. The first kappa shape index (κ1) is 19.3. The summed E-state index contributed by atoms with van der Waals surface area (Å²) < 4.78 is 5.45. The van der Waals surface area contributed by atoms with Crippen LogP contribution in [0.3, 0.4) is 0 Å². The second kappa shape index (κ2) is 8.51. The number of aryl methyl sites for hydroxylation is 1. The number of H-pyrrole nitrogens is 1. The molecule has 2 amide bonds. The van der Waals surface area contributed by atoms with Crippen LogP contribution < -0.4 is 10.6 Å². The molecular formula is C18H25N5O3S. The highest BCUT2D eigenvalue weighted by Crippen LogP contribution is 2.35. The van der Waals surface area contributed by atoms with Crippen LogP contribution in [0.1, 0.15) is 54.6 Å². The SMILES string of the molecule is Cc1ncc(CC(=O)Nc2cc([C@H]3CC[C@@H](OC(=O)NC(C)C)C3)[nH]n2)s1. The standard InChI is InChI=1S/C18H25N5O3S/c1-10(2)20-18(25)26-13-5-4-12(6-13)15-8-16(23-22-15)21-17(24)7-14-9-19-11(3)27-14/h8-10,12-13H,4-7H2,1-3H3,(H,20,25)(H2,21,22,23,24)/t12-,13+/m0/s1. The number of rotatable bonds is 6. The molecule has 1 aliphatic carbocycles. The van der Waals surface area contributed by atoms with Crippen LogP contribution in [-0.2, 0) is 16.0 Å². The second-order valence-electron chi connectivity index (χ2n) is 7.12. The fourth-order valence-corrected chi connectivity index (χ4v) is 3.99. The minimum atomic E-state index is -0.369. The van der Waals surface area contributed by atoms with Gasteiger partial charge in [-0.05, 0) is 40.0 Å². The monoisotopic (exact) mass is 391 g/mol. The first-order chi connectivity index (χ1) is 12.9. The fourth-order valence-electron chi connectivity index (χ4n) is 3.19. The number of ether oxygens (including phenoxy) is 1. The van der Waals surface area contributed by atoms with E-state index in [0.717, 1.165) is 34.8 Å². The average molecular weight is 391 g/mol. The van der Waals surface area contributed by atoms with Crippen molar-refractivity contribution in [2.24, 2.45) is 0 Å². The molecule has 0 aliphatic heterocycles. The molecule has 0 aromatic carbocycles. The molecule has 0 bridgehead atoms. The summed E-state index contributed by atoms with van der Waals surface area (Å²) in [6.07, 6.45) is 4.04. The number of nitrogens with one attached hydrogen (secondary N) is 3. The Morgan fingerprint density at radius 3 is 2.93 bits per heavy atom. The fraction of sp³-hybridized carbons (Fsp3) is 0.556. The van der Waals surface area contributed by atoms with Gasteiger partial charge in [0.25, 0.3) is 0 Å². The number of aromatic nitrogens is 3. The number of anilines is 1. The third-order valence-electron chi connectivity index (χ3n) is 4.37. The lowest BCUT2D eigenvalue weighted by molar-refractivity contribution is -0.115. The summed E-state index contributed by atoms with van der Waals surface area (Å²) in [5.74, 6) is 0.636. The molecule has 1 fully saturated rings. The van der Waals surface area contributed by atoms with Crippen LogP contribution in [0, 0.1) is 6.92 Å². The number of carbonyl (C=O) groups is 2. The quantitative estimate of drug-likeness (QED) is 0.701. The Morgan fingerprint density at radius 2 is 2.22 bits per heavy atom. The van der Waals surface area contributed by atoms with Crippen molar-refractivity contribution in [2.75, 3.05) is 5.32 Å². The lowest BCUT2D eigenvalue weighted by atomic mass is 10.0. The summed E-state index contributed by atoms with van der Waals surface area (Å²) >= 11 is 1.51. The van der Waals surface area contributed by atoms with Crippen molar-refractivity contribution >= 4 is 29.2 Å². The predicted octanol–water partition coefficient (Wildman–Crippen LogP) is 3.13. The van der Waals surface area contributed by atoms with Gasteiger partial charge in [-0.15, -0.1) is 11.3 Å². The molecule has 1 aliphatic rings. The van der Waals surface area contributed by atoms with Crippen molar-refractivity contribution in [3.63, 3.8) is 0 Å². The van der Waals surface area contributed by atoms with Gasteiger partial charge in [-0.3, -0.25) is 9.89 Å². The molecule has 0 unspecified atom stereocenters. The highest BCUT2D eigenvalue weighted by molar-refractivity contribution is 7.11. The summed E-state index contributed by atoms with van der Waals surface area (Å²) in [6.45, 7) is 5.71. The molecule has 146 valence electrons. The van der Waals surface area contributed by atoms with Gasteiger partial charge in [-0.2, -0.15) is 5.10 Å². The summed E-state index contributed by atoms with van der Waals surface area (Å²) in [5.41, 5.74) is 0.953. The molecule has 0 radical (unpaired) electrons. The maximum atomic E-state index is 12.1. The number of hydrogen-bond donors (Lipinski definition) is 3. The van der Waals surface area contributed by atoms with E-state index in [1.807, 2.05) is 26.8 Å². The highest BCUT2D eigenvalue weighted by Gasteiger charge is 2.30. The van der Waals surface area contributed by atoms with Crippen molar-refractivity contribution in [3.8, 4) is 0 Å². The molecule has 0 spiro atoms. The van der Waals surface area contributed by atoms with Crippen LogP contribution in [0.2, 0.25) is 0 Å². The number of thiazole rings is 1. The zero-order valence-electron chi connectivity index (χ0n) is 15.7. The largest absolute Gasteiger partial charge is 0.446 e. The predicted molar refractivity (Wildman–Crippen MR) is 103 cm³/mol. The molecule has 2 atom stereocenters. The van der Waals surface area contributed by atoms with E-state index in [1.54, 1.807) is 6.20 Å². The maximum absolute atomic E-state index is 12.1. The van der Waals surface area contributed by atoms with Gasteiger partial charge >= 0.3 is 6.09 Å². The molecule has 0 saturated heterocycles. The third-order valence-corrected chi connectivity index (χ3v) is 5.29. The van der Waals surface area contributed by atoms with Gasteiger partial charge in [0, 0.05) is 34.8 Å². The summed E-state index contributed by atoms with van der Waals surface area (Å²) in [7, 11) is 0. The molecule has 3 N–H and O–H groups in total. The molecule has 3 rings (SSSR count). The zero-order valence-corrected chi connectivity index (χ0v) is 16.6. The Hall–Kier alpha value is -2.42. The van der Waals surface area contributed by atoms with E-state index in [4.69, 9.17) is 4.74 Å². The van der Waals surface area contributed by atoms with Gasteiger partial charge in [0.15, 0.2) is 5.82 Å². The van der Waals surface area contributed by atoms with Crippen LogP contribution >= 0.6 is 11.3 Å². The number of amides is 2. The Kier molecular flexibility index (Phi) is 6.10. The van der Waals surface area contributed by atoms with Crippen LogP contribution in [0.5, 0.6) is 0 Å². The van der Waals surface area contributed by atoms with Gasteiger partial charge < -0.3 is 15.4 Å².